The number of unbranched alkanes of at least 4 members (excludes halogenated alkanes) is 7. The number of phosphoric ester groups is 1. The maximum absolute atomic E-state index is 12.7. The van der Waals surface area contributed by atoms with Crippen LogP contribution in [0.15, 0.2) is 60.8 Å². The van der Waals surface area contributed by atoms with Gasteiger partial charge in [0.25, 0.3) is 0 Å². The van der Waals surface area contributed by atoms with Crippen molar-refractivity contribution < 1.29 is 63.1 Å². The van der Waals surface area contributed by atoms with Crippen LogP contribution in [0.3, 0.4) is 0 Å². The van der Waals surface area contributed by atoms with Gasteiger partial charge in [-0.05, 0) is 51.4 Å². The van der Waals surface area contributed by atoms with Crippen LogP contribution in [0.1, 0.15) is 117 Å². The molecule has 6 unspecified atom stereocenters. The number of allylic oxidation sites excluding steroid dienone is 10. The van der Waals surface area contributed by atoms with Gasteiger partial charge in [-0.15, -0.1) is 0 Å². The number of hydrogen-bond acceptors (Lipinski definition) is 12. The molecule has 1 fully saturated rings. The van der Waals surface area contributed by atoms with E-state index in [2.05, 4.69) is 62.5 Å². The number of rotatable bonds is 29. The van der Waals surface area contributed by atoms with Gasteiger partial charge in [-0.1, -0.05) is 113 Å². The normalized spacial score (nSPS) is 24.2. The lowest BCUT2D eigenvalue weighted by atomic mass is 9.85. The van der Waals surface area contributed by atoms with Crippen LogP contribution >= 0.6 is 7.82 Å². The number of carbonyl (C=O) groups excluding carboxylic acids is 2. The number of ether oxygens (including phenoxy) is 2. The van der Waals surface area contributed by atoms with Crippen molar-refractivity contribution in [3.05, 3.63) is 60.8 Å². The SMILES string of the molecule is CC/C=C\C/C=C\C/C=C\C/C=C\C/C=C\CCCC(=O)OC(COC(=O)CCCCCCCCC)COP(=O)(O)OC1C(O)C(O)C(O)C(O)C1O. The van der Waals surface area contributed by atoms with Crippen molar-refractivity contribution in [1.29, 1.82) is 0 Å². The van der Waals surface area contributed by atoms with Crippen LogP contribution < -0.4 is 0 Å². The minimum absolute atomic E-state index is 0.0165. The fraction of sp³-hybridized carbons (Fsp3) is 0.692. The van der Waals surface area contributed by atoms with Gasteiger partial charge in [0.05, 0.1) is 6.61 Å². The van der Waals surface area contributed by atoms with Crippen LogP contribution in [0.4, 0.5) is 0 Å². The summed E-state index contributed by atoms with van der Waals surface area (Å²) in [5.41, 5.74) is 0. The molecule has 0 aromatic heterocycles. The highest BCUT2D eigenvalue weighted by Gasteiger charge is 2.51. The number of esters is 2. The maximum Gasteiger partial charge on any atom is 0.472 e. The van der Waals surface area contributed by atoms with Gasteiger partial charge >= 0.3 is 19.8 Å². The van der Waals surface area contributed by atoms with Crippen LogP contribution in [-0.4, -0.2) is 98.3 Å². The Kier molecular flexibility index (Phi) is 27.4. The number of aliphatic hydroxyl groups is 5. The highest BCUT2D eigenvalue weighted by atomic mass is 31.2. The molecule has 0 amide bonds. The second-order valence-corrected chi connectivity index (χ2v) is 14.5. The van der Waals surface area contributed by atoms with E-state index in [0.29, 0.717) is 19.3 Å². The Bertz CT molecular complexity index is 1170. The molecule has 0 aliphatic heterocycles. The lowest BCUT2D eigenvalue weighted by molar-refractivity contribution is -0.220. The topological polar surface area (TPSA) is 210 Å². The quantitative estimate of drug-likeness (QED) is 0.0229. The molecule has 1 aliphatic carbocycles. The van der Waals surface area contributed by atoms with E-state index in [4.69, 9.17) is 18.5 Å². The van der Waals surface area contributed by atoms with E-state index in [1.54, 1.807) is 0 Å². The summed E-state index contributed by atoms with van der Waals surface area (Å²) in [5, 5.41) is 49.8. The average molecular weight is 773 g/mol. The third-order valence-electron chi connectivity index (χ3n) is 8.37. The average Bonchev–Trinajstić information content (AvgIpc) is 3.13. The van der Waals surface area contributed by atoms with Crippen molar-refractivity contribution in [2.75, 3.05) is 13.2 Å². The first-order chi connectivity index (χ1) is 25.4. The first-order valence-corrected chi connectivity index (χ1v) is 20.6. The lowest BCUT2D eigenvalue weighted by Crippen LogP contribution is -2.64. The fourth-order valence-electron chi connectivity index (χ4n) is 5.26. The van der Waals surface area contributed by atoms with Crippen LogP contribution in [0.5, 0.6) is 0 Å². The van der Waals surface area contributed by atoms with Gasteiger partial charge in [0.15, 0.2) is 6.10 Å². The van der Waals surface area contributed by atoms with E-state index in [1.807, 2.05) is 12.2 Å². The van der Waals surface area contributed by atoms with Crippen LogP contribution in [0.2, 0.25) is 0 Å². The van der Waals surface area contributed by atoms with Gasteiger partial charge in [0.1, 0.15) is 43.2 Å². The van der Waals surface area contributed by atoms with Gasteiger partial charge in [-0.3, -0.25) is 18.6 Å². The largest absolute Gasteiger partial charge is 0.472 e. The summed E-state index contributed by atoms with van der Waals surface area (Å²) in [6.45, 7) is 3.03. The Balaban J connectivity index is 2.57. The molecule has 1 aliphatic rings. The Morgan fingerprint density at radius 2 is 1.08 bits per heavy atom. The van der Waals surface area contributed by atoms with E-state index >= 15 is 0 Å². The summed E-state index contributed by atoms with van der Waals surface area (Å²) < 4.78 is 33.2. The predicted octanol–water partition coefficient (Wildman–Crippen LogP) is 5.82. The number of hydrogen-bond donors (Lipinski definition) is 6. The van der Waals surface area contributed by atoms with Gasteiger partial charge in [-0.25, -0.2) is 4.57 Å². The highest BCUT2D eigenvalue weighted by molar-refractivity contribution is 7.47. The maximum atomic E-state index is 12.7. The van der Waals surface area contributed by atoms with Crippen LogP contribution in [0.25, 0.3) is 0 Å². The molecule has 1 saturated carbocycles. The summed E-state index contributed by atoms with van der Waals surface area (Å²) in [5.74, 6) is -1.18. The zero-order valence-corrected chi connectivity index (χ0v) is 32.4. The van der Waals surface area contributed by atoms with Crippen molar-refractivity contribution >= 4 is 19.8 Å². The first-order valence-electron chi connectivity index (χ1n) is 19.1. The molecule has 0 saturated heterocycles. The molecular weight excluding hydrogens is 707 g/mol. The molecular formula is C39H65O13P. The molecule has 304 valence electrons. The van der Waals surface area contributed by atoms with E-state index in [1.165, 1.54) is 6.42 Å². The molecule has 0 bridgehead atoms. The molecule has 0 aromatic rings. The molecule has 53 heavy (non-hydrogen) atoms. The summed E-state index contributed by atoms with van der Waals surface area (Å²) in [6, 6.07) is 0. The fourth-order valence-corrected chi connectivity index (χ4v) is 6.23. The molecule has 0 aromatic carbocycles. The molecule has 6 N–H and O–H groups in total. The minimum atomic E-state index is -5.12. The van der Waals surface area contributed by atoms with Crippen molar-refractivity contribution in [2.24, 2.45) is 0 Å². The van der Waals surface area contributed by atoms with E-state index < -0.39 is 75.7 Å². The van der Waals surface area contributed by atoms with Crippen LogP contribution in [-0.2, 0) is 32.7 Å². The Hall–Kier alpha value is -2.45. The summed E-state index contributed by atoms with van der Waals surface area (Å²) >= 11 is 0. The van der Waals surface area contributed by atoms with Crippen molar-refractivity contribution in [2.45, 2.75) is 159 Å². The highest BCUT2D eigenvalue weighted by Crippen LogP contribution is 2.47. The molecule has 0 heterocycles. The van der Waals surface area contributed by atoms with Gasteiger partial charge in [-0.2, -0.15) is 0 Å². The second-order valence-electron chi connectivity index (χ2n) is 13.1. The summed E-state index contributed by atoms with van der Waals surface area (Å²) in [6.07, 6.45) is 20.5. The van der Waals surface area contributed by atoms with Crippen molar-refractivity contribution in [1.82, 2.24) is 0 Å². The Labute approximate surface area is 315 Å². The first kappa shape index (κ1) is 48.6. The molecule has 0 radical (unpaired) electrons. The van der Waals surface area contributed by atoms with E-state index in [0.717, 1.165) is 64.2 Å². The van der Waals surface area contributed by atoms with Gasteiger partial charge in [0, 0.05) is 12.8 Å². The monoisotopic (exact) mass is 772 g/mol. The number of phosphoric acid groups is 1. The van der Waals surface area contributed by atoms with E-state index in [9.17, 15) is 44.6 Å². The zero-order valence-electron chi connectivity index (χ0n) is 31.5. The van der Waals surface area contributed by atoms with Gasteiger partial charge in [0.2, 0.25) is 0 Å². The van der Waals surface area contributed by atoms with E-state index in [-0.39, 0.29) is 12.8 Å². The third-order valence-corrected chi connectivity index (χ3v) is 9.36. The number of carbonyl (C=O) groups is 2. The molecule has 14 heteroatoms. The zero-order chi connectivity index (χ0) is 39.3. The summed E-state index contributed by atoms with van der Waals surface area (Å²) in [4.78, 5) is 35.3. The van der Waals surface area contributed by atoms with Crippen molar-refractivity contribution in [3.8, 4) is 0 Å². The smallest absolute Gasteiger partial charge is 0.462 e. The predicted molar refractivity (Wildman–Crippen MR) is 202 cm³/mol. The summed E-state index contributed by atoms with van der Waals surface area (Å²) in [7, 11) is -5.12. The Morgan fingerprint density at radius 3 is 1.62 bits per heavy atom. The molecule has 1 rings (SSSR count). The lowest BCUT2D eigenvalue weighted by Gasteiger charge is -2.41. The second kappa shape index (κ2) is 29.9. The van der Waals surface area contributed by atoms with Crippen molar-refractivity contribution in [3.63, 3.8) is 0 Å². The molecule has 0 spiro atoms. The molecule has 6 atom stereocenters. The van der Waals surface area contributed by atoms with Crippen LogP contribution in [0, 0.1) is 0 Å². The Morgan fingerprint density at radius 1 is 0.604 bits per heavy atom. The van der Waals surface area contributed by atoms with Gasteiger partial charge < -0.3 is 39.9 Å². The molecule has 13 nitrogen and oxygen atoms in total. The standard InChI is InChI=1S/C39H65O13P/c1-3-5-7-9-11-12-13-14-15-16-17-18-19-20-22-24-26-28-33(41)51-31(29-49-32(40)27-25-23-21-10-8-6-4-2)30-50-53(47,48)52-39-37(45)35(43)34(42)36(44)38(39)46/h5,7,11-12,14-15,17-18,20,22,31,34-39,42-46H,3-4,6,8-10,13,16,19,21,23-30H2,1-2H3,(H,47,48)/b7-5-,12-11-,15-14-,18-17-,22-20-. The third kappa shape index (κ3) is 23.2. The minimum Gasteiger partial charge on any atom is -0.462 e. The number of aliphatic hydroxyl groups excluding tert-OH is 5.